The lowest BCUT2D eigenvalue weighted by atomic mass is 10.1. The number of hydrogen-bond acceptors (Lipinski definition) is 4. The number of thiazole rings is 1. The van der Waals surface area contributed by atoms with Gasteiger partial charge in [0.2, 0.25) is 5.91 Å². The minimum Gasteiger partial charge on any atom is -0.496 e. The smallest absolute Gasteiger partial charge is 0.224 e. The number of fused-ring (bicyclic) bond motifs is 1. The van der Waals surface area contributed by atoms with Gasteiger partial charge in [-0.3, -0.25) is 9.20 Å². The Morgan fingerprint density at radius 1 is 1.21 bits per heavy atom. The normalized spacial score (nSPS) is 11.0. The van der Waals surface area contributed by atoms with E-state index in [1.165, 1.54) is 23.5 Å². The van der Waals surface area contributed by atoms with Crippen LogP contribution in [0.15, 0.2) is 54.7 Å². The number of rotatable bonds is 6. The summed E-state index contributed by atoms with van der Waals surface area (Å²) in [6.45, 7) is 2.45. The number of carbonyl (C=O) groups excluding carboxylic acids is 1. The van der Waals surface area contributed by atoms with Crippen molar-refractivity contribution in [1.82, 2.24) is 14.7 Å². The highest BCUT2D eigenvalue weighted by atomic mass is 32.1. The van der Waals surface area contributed by atoms with Crippen LogP contribution in [0.4, 0.5) is 4.39 Å². The molecule has 29 heavy (non-hydrogen) atoms. The Hall–Kier alpha value is -3.19. The molecule has 2 aromatic carbocycles. The number of amides is 1. The van der Waals surface area contributed by atoms with Gasteiger partial charge in [-0.2, -0.15) is 0 Å². The van der Waals surface area contributed by atoms with Crippen molar-refractivity contribution in [1.29, 1.82) is 0 Å². The zero-order chi connectivity index (χ0) is 20.4. The van der Waals surface area contributed by atoms with Crippen molar-refractivity contribution in [2.24, 2.45) is 0 Å². The fourth-order valence-electron chi connectivity index (χ4n) is 3.18. The minimum atomic E-state index is -0.267. The van der Waals surface area contributed by atoms with Crippen molar-refractivity contribution < 1.29 is 13.9 Å². The summed E-state index contributed by atoms with van der Waals surface area (Å²) in [4.78, 5) is 18.9. The third-order valence-electron chi connectivity index (χ3n) is 4.78. The third-order valence-corrected chi connectivity index (χ3v) is 5.94. The summed E-state index contributed by atoms with van der Waals surface area (Å²) in [5.74, 6) is 0.380. The van der Waals surface area contributed by atoms with Gasteiger partial charge in [-0.05, 0) is 37.3 Å². The average Bonchev–Trinajstić information content (AvgIpc) is 3.27. The van der Waals surface area contributed by atoms with E-state index in [-0.39, 0.29) is 18.1 Å². The van der Waals surface area contributed by atoms with E-state index in [2.05, 4.69) is 10.3 Å². The predicted octanol–water partition coefficient (Wildman–Crippen LogP) is 4.38. The first-order valence-electron chi connectivity index (χ1n) is 9.17. The van der Waals surface area contributed by atoms with Crippen LogP contribution >= 0.6 is 11.3 Å². The SMILES string of the molecule is COc1ccccc1CC(=O)NCc1sc2nc(-c3ccc(F)cc3)cn2c1C. The first kappa shape index (κ1) is 19.1. The fraction of sp³-hybridized carbons (Fsp3) is 0.182. The molecule has 0 aliphatic rings. The van der Waals surface area contributed by atoms with Crippen LogP contribution in [-0.2, 0) is 17.8 Å². The highest BCUT2D eigenvalue weighted by Gasteiger charge is 2.14. The number of nitrogens with one attached hydrogen (secondary N) is 1. The molecule has 0 fully saturated rings. The Balaban J connectivity index is 1.46. The van der Waals surface area contributed by atoms with Crippen LogP contribution in [0.1, 0.15) is 16.1 Å². The highest BCUT2D eigenvalue weighted by molar-refractivity contribution is 7.17. The number of halogens is 1. The molecular formula is C22H20FN3O2S. The molecule has 0 saturated heterocycles. The van der Waals surface area contributed by atoms with Gasteiger partial charge in [0.1, 0.15) is 11.6 Å². The molecule has 148 valence electrons. The van der Waals surface area contributed by atoms with E-state index in [1.807, 2.05) is 41.8 Å². The third kappa shape index (κ3) is 4.00. The number of methoxy groups -OCH3 is 1. The number of para-hydroxylation sites is 1. The molecule has 0 unspecified atom stereocenters. The van der Waals surface area contributed by atoms with E-state index < -0.39 is 0 Å². The molecule has 1 amide bonds. The summed E-state index contributed by atoms with van der Waals surface area (Å²) in [6.07, 6.45) is 2.20. The van der Waals surface area contributed by atoms with Gasteiger partial charge in [0.15, 0.2) is 4.96 Å². The Bertz CT molecular complexity index is 1160. The van der Waals surface area contributed by atoms with E-state index in [4.69, 9.17) is 4.74 Å². The van der Waals surface area contributed by atoms with Gasteiger partial charge < -0.3 is 10.1 Å². The molecule has 0 aliphatic heterocycles. The first-order valence-corrected chi connectivity index (χ1v) is 9.98. The largest absolute Gasteiger partial charge is 0.496 e. The van der Waals surface area contributed by atoms with Crippen molar-refractivity contribution in [2.75, 3.05) is 7.11 Å². The van der Waals surface area contributed by atoms with E-state index in [0.717, 1.165) is 32.4 Å². The number of benzene rings is 2. The van der Waals surface area contributed by atoms with Crippen molar-refractivity contribution in [3.8, 4) is 17.0 Å². The van der Waals surface area contributed by atoms with Crippen LogP contribution in [0.5, 0.6) is 5.75 Å². The molecule has 4 aromatic rings. The lowest BCUT2D eigenvalue weighted by Gasteiger charge is -2.08. The molecule has 0 bridgehead atoms. The topological polar surface area (TPSA) is 55.6 Å². The molecule has 0 aliphatic carbocycles. The van der Waals surface area contributed by atoms with Gasteiger partial charge in [0.05, 0.1) is 25.8 Å². The molecule has 4 rings (SSSR count). The first-order chi connectivity index (χ1) is 14.0. The van der Waals surface area contributed by atoms with Gasteiger partial charge in [0.25, 0.3) is 0 Å². The monoisotopic (exact) mass is 409 g/mol. The van der Waals surface area contributed by atoms with E-state index >= 15 is 0 Å². The van der Waals surface area contributed by atoms with Gasteiger partial charge in [-0.25, -0.2) is 9.37 Å². The Morgan fingerprint density at radius 3 is 2.69 bits per heavy atom. The van der Waals surface area contributed by atoms with Crippen molar-refractivity contribution in [3.63, 3.8) is 0 Å². The molecular weight excluding hydrogens is 389 g/mol. The summed E-state index contributed by atoms with van der Waals surface area (Å²) in [5, 5.41) is 2.98. The Kier molecular flexibility index (Phi) is 5.31. The number of hydrogen-bond donors (Lipinski definition) is 1. The van der Waals surface area contributed by atoms with Crippen LogP contribution < -0.4 is 10.1 Å². The van der Waals surface area contributed by atoms with Gasteiger partial charge in [-0.15, -0.1) is 0 Å². The second-order valence-corrected chi connectivity index (χ2v) is 7.72. The van der Waals surface area contributed by atoms with E-state index in [9.17, 15) is 9.18 Å². The molecule has 0 atom stereocenters. The minimum absolute atomic E-state index is 0.0630. The quantitative estimate of drug-likeness (QED) is 0.514. The summed E-state index contributed by atoms with van der Waals surface area (Å²) in [6, 6.07) is 13.8. The molecule has 0 spiro atoms. The van der Waals surface area contributed by atoms with Crippen LogP contribution in [0.2, 0.25) is 0 Å². The second-order valence-electron chi connectivity index (χ2n) is 6.66. The molecule has 0 radical (unpaired) electrons. The lowest BCUT2D eigenvalue weighted by molar-refractivity contribution is -0.120. The standard InChI is InChI=1S/C22H20FN3O2S/c1-14-20(12-24-21(27)11-16-5-3-4-6-19(16)28-2)29-22-25-18(13-26(14)22)15-7-9-17(23)10-8-15/h3-10,13H,11-12H2,1-2H3,(H,24,27). The van der Waals surface area contributed by atoms with Crippen molar-refractivity contribution in [3.05, 3.63) is 76.7 Å². The van der Waals surface area contributed by atoms with Crippen LogP contribution in [0, 0.1) is 12.7 Å². The maximum atomic E-state index is 13.1. The summed E-state index contributed by atoms with van der Waals surface area (Å²) < 4.78 is 20.4. The summed E-state index contributed by atoms with van der Waals surface area (Å²) in [7, 11) is 1.60. The predicted molar refractivity (Wildman–Crippen MR) is 112 cm³/mol. The fourth-order valence-corrected chi connectivity index (χ4v) is 4.22. The maximum Gasteiger partial charge on any atom is 0.224 e. The van der Waals surface area contributed by atoms with E-state index in [1.54, 1.807) is 19.2 Å². The van der Waals surface area contributed by atoms with Gasteiger partial charge >= 0.3 is 0 Å². The molecule has 0 saturated carbocycles. The molecule has 5 nitrogen and oxygen atoms in total. The second kappa shape index (κ2) is 8.05. The number of aromatic nitrogens is 2. The average molecular weight is 409 g/mol. The van der Waals surface area contributed by atoms with Gasteiger partial charge in [0, 0.05) is 27.9 Å². The molecule has 7 heteroatoms. The van der Waals surface area contributed by atoms with Crippen LogP contribution in [0.25, 0.3) is 16.2 Å². The van der Waals surface area contributed by atoms with E-state index in [0.29, 0.717) is 12.3 Å². The number of imidazole rings is 1. The lowest BCUT2D eigenvalue weighted by Crippen LogP contribution is -2.24. The number of nitrogens with zero attached hydrogens (tertiary/aromatic N) is 2. The molecule has 2 aromatic heterocycles. The molecule has 2 heterocycles. The van der Waals surface area contributed by atoms with Crippen LogP contribution in [0.3, 0.4) is 0 Å². The zero-order valence-electron chi connectivity index (χ0n) is 16.1. The van der Waals surface area contributed by atoms with Crippen molar-refractivity contribution in [2.45, 2.75) is 19.9 Å². The molecule has 1 N–H and O–H groups in total. The zero-order valence-corrected chi connectivity index (χ0v) is 16.9. The Labute approximate surface area is 171 Å². The van der Waals surface area contributed by atoms with Gasteiger partial charge in [-0.1, -0.05) is 29.5 Å². The number of aryl methyl sites for hydroxylation is 1. The maximum absolute atomic E-state index is 13.1. The van der Waals surface area contributed by atoms with Crippen LogP contribution in [-0.4, -0.2) is 22.4 Å². The number of carbonyl (C=O) groups is 1. The number of ether oxygens (including phenoxy) is 1. The summed E-state index contributed by atoms with van der Waals surface area (Å²) in [5.41, 5.74) is 3.55. The van der Waals surface area contributed by atoms with Crippen molar-refractivity contribution >= 4 is 22.2 Å². The Morgan fingerprint density at radius 2 is 1.97 bits per heavy atom. The summed E-state index contributed by atoms with van der Waals surface area (Å²) >= 11 is 1.54. The highest BCUT2D eigenvalue weighted by Crippen LogP contribution is 2.27.